The van der Waals surface area contributed by atoms with Gasteiger partial charge in [0.1, 0.15) is 0 Å². The number of anilines is 1. The molecule has 4 nitrogen and oxygen atoms in total. The molecule has 2 fully saturated rings. The maximum absolute atomic E-state index is 12.4. The Morgan fingerprint density at radius 2 is 1.79 bits per heavy atom. The van der Waals surface area contributed by atoms with Crippen molar-refractivity contribution in [1.29, 1.82) is 0 Å². The second kappa shape index (κ2) is 8.82. The van der Waals surface area contributed by atoms with E-state index in [-0.39, 0.29) is 18.3 Å². The number of nitrogens with zero attached hydrogens (tertiary/aromatic N) is 1. The van der Waals surface area contributed by atoms with E-state index in [9.17, 15) is 4.79 Å². The number of aromatic nitrogens is 1. The first-order valence-electron chi connectivity index (χ1n) is 10.2. The van der Waals surface area contributed by atoms with Gasteiger partial charge in [0.15, 0.2) is 0 Å². The first-order chi connectivity index (χ1) is 13.7. The first kappa shape index (κ1) is 20.3. The van der Waals surface area contributed by atoms with E-state index in [1.54, 1.807) is 11.3 Å². The average Bonchev–Trinajstić information content (AvgIpc) is 3.25. The van der Waals surface area contributed by atoms with Crippen LogP contribution >= 0.6 is 23.7 Å². The molecule has 0 radical (unpaired) electrons. The van der Waals surface area contributed by atoms with Crippen molar-refractivity contribution < 1.29 is 4.79 Å². The van der Waals surface area contributed by atoms with Gasteiger partial charge in [-0.05, 0) is 61.4 Å². The van der Waals surface area contributed by atoms with Crippen LogP contribution in [-0.4, -0.2) is 23.0 Å². The third-order valence-corrected chi connectivity index (χ3v) is 7.01. The van der Waals surface area contributed by atoms with Crippen molar-refractivity contribution in [2.24, 2.45) is 5.92 Å². The van der Waals surface area contributed by atoms with Crippen molar-refractivity contribution in [1.82, 2.24) is 10.3 Å². The smallest absolute Gasteiger partial charge is 0.224 e. The van der Waals surface area contributed by atoms with Crippen LogP contribution in [0.25, 0.3) is 10.2 Å². The Bertz CT molecular complexity index is 942. The fourth-order valence-corrected chi connectivity index (χ4v) is 5.69. The highest BCUT2D eigenvalue weighted by Gasteiger charge is 2.34. The van der Waals surface area contributed by atoms with Gasteiger partial charge in [0.25, 0.3) is 0 Å². The summed E-state index contributed by atoms with van der Waals surface area (Å²) in [6, 6.07) is 17.7. The Morgan fingerprint density at radius 3 is 2.52 bits per heavy atom. The summed E-state index contributed by atoms with van der Waals surface area (Å²) >= 11 is 1.75. The number of para-hydroxylation sites is 1. The molecule has 2 aliphatic heterocycles. The van der Waals surface area contributed by atoms with Crippen molar-refractivity contribution in [3.05, 3.63) is 59.1 Å². The third kappa shape index (κ3) is 4.80. The van der Waals surface area contributed by atoms with Crippen molar-refractivity contribution in [3.63, 3.8) is 0 Å². The van der Waals surface area contributed by atoms with E-state index in [0.29, 0.717) is 24.4 Å². The maximum Gasteiger partial charge on any atom is 0.224 e. The van der Waals surface area contributed by atoms with E-state index in [1.165, 1.54) is 23.1 Å². The summed E-state index contributed by atoms with van der Waals surface area (Å²) in [4.78, 5) is 17.2. The molecule has 2 aliphatic rings. The van der Waals surface area contributed by atoms with Crippen LogP contribution in [-0.2, 0) is 11.2 Å². The van der Waals surface area contributed by atoms with Crippen molar-refractivity contribution in [3.8, 4) is 0 Å². The highest BCUT2D eigenvalue weighted by Crippen LogP contribution is 2.33. The van der Waals surface area contributed by atoms with Gasteiger partial charge in [0, 0.05) is 30.6 Å². The number of halogens is 1. The molecule has 152 valence electrons. The molecule has 29 heavy (non-hydrogen) atoms. The number of piperidine rings is 1. The van der Waals surface area contributed by atoms with E-state index >= 15 is 0 Å². The van der Waals surface area contributed by atoms with Crippen LogP contribution in [0.3, 0.4) is 0 Å². The number of thiazole rings is 1. The van der Waals surface area contributed by atoms with Gasteiger partial charge in [-0.3, -0.25) is 4.79 Å². The van der Waals surface area contributed by atoms with Gasteiger partial charge in [0.2, 0.25) is 5.91 Å². The van der Waals surface area contributed by atoms with E-state index in [1.807, 2.05) is 18.2 Å². The lowest BCUT2D eigenvalue weighted by atomic mass is 9.89. The number of carbonyl (C=O) groups is 1. The number of fused-ring (bicyclic) bond motifs is 3. The molecule has 5 rings (SSSR count). The van der Waals surface area contributed by atoms with Crippen LogP contribution in [0.5, 0.6) is 0 Å². The molecular weight excluding hydrogens is 402 g/mol. The van der Waals surface area contributed by atoms with Crippen LogP contribution in [0.15, 0.2) is 48.5 Å². The lowest BCUT2D eigenvalue weighted by molar-refractivity contribution is -0.117. The largest absolute Gasteiger partial charge is 0.326 e. The molecule has 1 aromatic heterocycles. The van der Waals surface area contributed by atoms with Crippen LogP contribution in [0.4, 0.5) is 5.69 Å². The minimum atomic E-state index is 0. The van der Waals surface area contributed by atoms with Gasteiger partial charge in [-0.2, -0.15) is 0 Å². The molecule has 0 spiro atoms. The zero-order valence-electron chi connectivity index (χ0n) is 16.3. The molecule has 6 heteroatoms. The summed E-state index contributed by atoms with van der Waals surface area (Å²) in [5.74, 6) is 0.669. The van der Waals surface area contributed by atoms with Crippen LogP contribution in [0, 0.1) is 5.92 Å². The SMILES string of the molecule is Cl.O=C(CC1CC2CCC(C1)N2)Nc1ccc(Cc2nc3ccccc3s2)cc1. The Kier molecular flexibility index (Phi) is 6.18. The van der Waals surface area contributed by atoms with Gasteiger partial charge in [0.05, 0.1) is 15.2 Å². The monoisotopic (exact) mass is 427 g/mol. The molecule has 2 unspecified atom stereocenters. The summed E-state index contributed by atoms with van der Waals surface area (Å²) < 4.78 is 1.23. The van der Waals surface area contributed by atoms with Crippen molar-refractivity contribution in [2.45, 2.75) is 50.6 Å². The van der Waals surface area contributed by atoms with E-state index < -0.39 is 0 Å². The Labute approximate surface area is 181 Å². The number of nitrogens with one attached hydrogen (secondary N) is 2. The molecule has 1 amide bonds. The molecule has 3 heterocycles. The van der Waals surface area contributed by atoms with E-state index in [0.717, 1.165) is 35.5 Å². The molecule has 2 saturated heterocycles. The molecule has 2 N–H and O–H groups in total. The van der Waals surface area contributed by atoms with Gasteiger partial charge >= 0.3 is 0 Å². The Hall–Kier alpha value is -1.95. The summed E-state index contributed by atoms with van der Waals surface area (Å²) in [5.41, 5.74) is 3.17. The lowest BCUT2D eigenvalue weighted by Crippen LogP contribution is -2.39. The molecule has 2 aromatic carbocycles. The highest BCUT2D eigenvalue weighted by molar-refractivity contribution is 7.18. The highest BCUT2D eigenvalue weighted by atomic mass is 35.5. The van der Waals surface area contributed by atoms with E-state index in [2.05, 4.69) is 41.0 Å². The number of benzene rings is 2. The number of carbonyl (C=O) groups excluding carboxylic acids is 1. The molecule has 3 aromatic rings. The molecule has 0 saturated carbocycles. The van der Waals surface area contributed by atoms with Gasteiger partial charge < -0.3 is 10.6 Å². The Balaban J connectivity index is 0.00000205. The minimum Gasteiger partial charge on any atom is -0.326 e. The quantitative estimate of drug-likeness (QED) is 0.590. The average molecular weight is 428 g/mol. The minimum absolute atomic E-state index is 0. The summed E-state index contributed by atoms with van der Waals surface area (Å²) in [5, 5.41) is 7.84. The number of hydrogen-bond donors (Lipinski definition) is 2. The topological polar surface area (TPSA) is 54.0 Å². The predicted molar refractivity (Wildman–Crippen MR) is 122 cm³/mol. The normalized spacial score (nSPS) is 23.0. The molecule has 2 atom stereocenters. The summed E-state index contributed by atoms with van der Waals surface area (Å²) in [6.07, 6.45) is 6.31. The second-order valence-electron chi connectivity index (χ2n) is 8.18. The molecular formula is C23H26ClN3OS. The Morgan fingerprint density at radius 1 is 1.07 bits per heavy atom. The fourth-order valence-electron chi connectivity index (χ4n) is 4.69. The standard InChI is InChI=1S/C23H25N3OS.ClH/c27-22(13-16-11-18-9-10-19(12-16)24-18)25-17-7-5-15(6-8-17)14-23-26-20-3-1-2-4-21(20)28-23;/h1-8,16,18-19,24H,9-14H2,(H,25,27);1H. The van der Waals surface area contributed by atoms with Crippen LogP contribution in [0.2, 0.25) is 0 Å². The molecule has 0 aliphatic carbocycles. The fraction of sp³-hybridized carbons (Fsp3) is 0.391. The van der Waals surface area contributed by atoms with Gasteiger partial charge in [-0.15, -0.1) is 23.7 Å². The van der Waals surface area contributed by atoms with Gasteiger partial charge in [-0.1, -0.05) is 24.3 Å². The zero-order valence-corrected chi connectivity index (χ0v) is 17.9. The summed E-state index contributed by atoms with van der Waals surface area (Å²) in [7, 11) is 0. The maximum atomic E-state index is 12.4. The van der Waals surface area contributed by atoms with E-state index in [4.69, 9.17) is 4.98 Å². The number of amides is 1. The van der Waals surface area contributed by atoms with Crippen LogP contribution in [0.1, 0.15) is 42.7 Å². The third-order valence-electron chi connectivity index (χ3n) is 5.98. The first-order valence-corrected chi connectivity index (χ1v) is 11.0. The number of rotatable bonds is 5. The number of hydrogen-bond acceptors (Lipinski definition) is 4. The van der Waals surface area contributed by atoms with Crippen LogP contribution < -0.4 is 10.6 Å². The predicted octanol–water partition coefficient (Wildman–Crippen LogP) is 5.17. The lowest BCUT2D eigenvalue weighted by Gasteiger charge is -2.28. The van der Waals surface area contributed by atoms with Crippen molar-refractivity contribution >= 4 is 45.6 Å². The second-order valence-corrected chi connectivity index (χ2v) is 9.29. The van der Waals surface area contributed by atoms with Gasteiger partial charge in [-0.25, -0.2) is 4.98 Å². The summed E-state index contributed by atoms with van der Waals surface area (Å²) in [6.45, 7) is 0. The zero-order chi connectivity index (χ0) is 18.9. The molecule has 2 bridgehead atoms. The van der Waals surface area contributed by atoms with Crippen molar-refractivity contribution in [2.75, 3.05) is 5.32 Å².